The molecule has 1 aliphatic heterocycles. The Labute approximate surface area is 207 Å². The van der Waals surface area contributed by atoms with Crippen LogP contribution < -0.4 is 18.9 Å². The molecule has 2 aromatic carbocycles. The summed E-state index contributed by atoms with van der Waals surface area (Å²) in [7, 11) is 6.32. The molecule has 188 valence electrons. The van der Waals surface area contributed by atoms with Crippen molar-refractivity contribution in [3.63, 3.8) is 0 Å². The molecule has 35 heavy (non-hydrogen) atoms. The van der Waals surface area contributed by atoms with E-state index in [2.05, 4.69) is 0 Å². The molecule has 1 heterocycles. The Hall–Kier alpha value is -3.19. The van der Waals surface area contributed by atoms with E-state index in [1.165, 1.54) is 0 Å². The number of ether oxygens (including phenoxy) is 4. The van der Waals surface area contributed by atoms with Crippen molar-refractivity contribution in [1.82, 2.24) is 4.90 Å². The lowest BCUT2D eigenvalue weighted by Crippen LogP contribution is -2.56. The molecule has 3 atom stereocenters. The number of nitrogens with zero attached hydrogens (tertiary/aromatic N) is 1. The van der Waals surface area contributed by atoms with E-state index in [0.29, 0.717) is 30.2 Å². The van der Waals surface area contributed by atoms with Crippen LogP contribution in [0.5, 0.6) is 23.0 Å². The van der Waals surface area contributed by atoms with Crippen molar-refractivity contribution in [2.75, 3.05) is 35.0 Å². The van der Waals surface area contributed by atoms with Crippen LogP contribution >= 0.6 is 0 Å². The highest BCUT2D eigenvalue weighted by atomic mass is 16.5. The predicted octanol–water partition coefficient (Wildman–Crippen LogP) is 4.63. The number of carbonyl (C=O) groups is 1. The number of carbonyl (C=O) groups excluding carboxylic acids is 1. The fourth-order valence-corrected chi connectivity index (χ4v) is 5.60. The molecule has 4 rings (SSSR count). The van der Waals surface area contributed by atoms with Gasteiger partial charge in [-0.3, -0.25) is 4.79 Å². The summed E-state index contributed by atoms with van der Waals surface area (Å²) in [5.74, 6) is 2.24. The standard InChI is InChI=1S/C28H35NO6/c1-32-21-11-9-20(10-12-21)26-22-7-5-6-14-28(22,31)15-16-29(26)25(30)13-8-19-17-23(33-2)27(35-4)24(18-19)34-3/h8-13,17-18,22,26,31H,5-7,14-16H2,1-4H3/t22-,26-,28+/m1/s1. The molecule has 0 aromatic heterocycles. The predicted molar refractivity (Wildman–Crippen MR) is 134 cm³/mol. The van der Waals surface area contributed by atoms with E-state index in [4.69, 9.17) is 18.9 Å². The molecule has 2 aromatic rings. The molecule has 1 aliphatic carbocycles. The molecule has 7 heteroatoms. The van der Waals surface area contributed by atoms with E-state index >= 15 is 0 Å². The van der Waals surface area contributed by atoms with E-state index in [1.54, 1.807) is 40.6 Å². The third-order valence-corrected chi connectivity index (χ3v) is 7.41. The minimum atomic E-state index is -0.736. The third-order valence-electron chi connectivity index (χ3n) is 7.41. The Morgan fingerprint density at radius 3 is 2.26 bits per heavy atom. The van der Waals surface area contributed by atoms with Crippen molar-refractivity contribution in [2.24, 2.45) is 5.92 Å². The zero-order valence-electron chi connectivity index (χ0n) is 21.0. The molecule has 0 bridgehead atoms. The van der Waals surface area contributed by atoms with E-state index in [1.807, 2.05) is 41.3 Å². The van der Waals surface area contributed by atoms with Gasteiger partial charge in [0, 0.05) is 18.5 Å². The molecule has 1 amide bonds. The molecular formula is C28H35NO6. The quantitative estimate of drug-likeness (QED) is 0.581. The summed E-state index contributed by atoms with van der Waals surface area (Å²) < 4.78 is 21.6. The second-order valence-corrected chi connectivity index (χ2v) is 9.25. The Kier molecular flexibility index (Phi) is 7.55. The fourth-order valence-electron chi connectivity index (χ4n) is 5.60. The minimum Gasteiger partial charge on any atom is -0.497 e. The number of fused-ring (bicyclic) bond motifs is 1. The van der Waals surface area contributed by atoms with Gasteiger partial charge in [0.25, 0.3) is 0 Å². The second kappa shape index (κ2) is 10.6. The van der Waals surface area contributed by atoms with Crippen LogP contribution in [0.1, 0.15) is 49.3 Å². The van der Waals surface area contributed by atoms with Crippen molar-refractivity contribution in [2.45, 2.75) is 43.7 Å². The Bertz CT molecular complexity index is 1040. The number of amides is 1. The van der Waals surface area contributed by atoms with E-state index in [9.17, 15) is 9.90 Å². The summed E-state index contributed by atoms with van der Waals surface area (Å²) in [5.41, 5.74) is 1.05. The van der Waals surface area contributed by atoms with Gasteiger partial charge in [-0.15, -0.1) is 0 Å². The lowest BCUT2D eigenvalue weighted by molar-refractivity contribution is -0.150. The first-order valence-electron chi connectivity index (χ1n) is 12.1. The van der Waals surface area contributed by atoms with Crippen LogP contribution in [-0.2, 0) is 4.79 Å². The number of benzene rings is 2. The van der Waals surface area contributed by atoms with Gasteiger partial charge in [0.15, 0.2) is 11.5 Å². The normalized spacial score (nSPS) is 24.1. The van der Waals surface area contributed by atoms with Crippen LogP contribution in [0.3, 0.4) is 0 Å². The van der Waals surface area contributed by atoms with Gasteiger partial charge in [-0.05, 0) is 60.7 Å². The van der Waals surface area contributed by atoms with Gasteiger partial charge in [0.1, 0.15) is 5.75 Å². The van der Waals surface area contributed by atoms with Crippen LogP contribution in [0.25, 0.3) is 6.08 Å². The van der Waals surface area contributed by atoms with Crippen molar-refractivity contribution in [3.05, 3.63) is 53.6 Å². The van der Waals surface area contributed by atoms with Crippen molar-refractivity contribution in [3.8, 4) is 23.0 Å². The van der Waals surface area contributed by atoms with Crippen LogP contribution in [0.4, 0.5) is 0 Å². The van der Waals surface area contributed by atoms with E-state index in [-0.39, 0.29) is 17.9 Å². The molecule has 1 N–H and O–H groups in total. The van der Waals surface area contributed by atoms with Crippen LogP contribution in [0, 0.1) is 5.92 Å². The Balaban J connectivity index is 1.65. The number of rotatable bonds is 7. The number of methoxy groups -OCH3 is 4. The first-order valence-corrected chi connectivity index (χ1v) is 12.1. The lowest BCUT2D eigenvalue weighted by Gasteiger charge is -2.52. The second-order valence-electron chi connectivity index (χ2n) is 9.25. The maximum atomic E-state index is 13.5. The molecule has 2 fully saturated rings. The van der Waals surface area contributed by atoms with Crippen molar-refractivity contribution >= 4 is 12.0 Å². The monoisotopic (exact) mass is 481 g/mol. The van der Waals surface area contributed by atoms with Gasteiger partial charge in [0.05, 0.1) is 40.1 Å². The van der Waals surface area contributed by atoms with E-state index in [0.717, 1.165) is 42.6 Å². The molecule has 0 unspecified atom stereocenters. The third kappa shape index (κ3) is 4.96. The average Bonchev–Trinajstić information content (AvgIpc) is 2.90. The molecule has 0 radical (unpaired) electrons. The number of likely N-dealkylation sites (tertiary alicyclic amines) is 1. The van der Waals surface area contributed by atoms with Gasteiger partial charge in [-0.25, -0.2) is 0 Å². The smallest absolute Gasteiger partial charge is 0.247 e. The zero-order valence-corrected chi connectivity index (χ0v) is 21.0. The number of piperidine rings is 1. The van der Waals surface area contributed by atoms with Crippen LogP contribution in [-0.4, -0.2) is 56.5 Å². The van der Waals surface area contributed by atoms with Crippen LogP contribution in [0.2, 0.25) is 0 Å². The Morgan fingerprint density at radius 1 is 0.971 bits per heavy atom. The van der Waals surface area contributed by atoms with Crippen LogP contribution in [0.15, 0.2) is 42.5 Å². The van der Waals surface area contributed by atoms with Gasteiger partial charge in [-0.2, -0.15) is 0 Å². The Morgan fingerprint density at radius 2 is 1.66 bits per heavy atom. The largest absolute Gasteiger partial charge is 0.497 e. The van der Waals surface area contributed by atoms with Gasteiger partial charge in [0.2, 0.25) is 11.7 Å². The highest BCUT2D eigenvalue weighted by Gasteiger charge is 2.49. The summed E-state index contributed by atoms with van der Waals surface area (Å²) in [6, 6.07) is 11.3. The average molecular weight is 482 g/mol. The zero-order chi connectivity index (χ0) is 25.0. The maximum absolute atomic E-state index is 13.5. The number of hydrogen-bond acceptors (Lipinski definition) is 6. The molecular weight excluding hydrogens is 446 g/mol. The van der Waals surface area contributed by atoms with Gasteiger partial charge < -0.3 is 29.0 Å². The van der Waals surface area contributed by atoms with Gasteiger partial charge >= 0.3 is 0 Å². The van der Waals surface area contributed by atoms with Crippen molar-refractivity contribution < 1.29 is 28.8 Å². The summed E-state index contributed by atoms with van der Waals surface area (Å²) in [6.45, 7) is 0.502. The highest BCUT2D eigenvalue weighted by Crippen LogP contribution is 2.49. The van der Waals surface area contributed by atoms with E-state index < -0.39 is 5.60 Å². The lowest BCUT2D eigenvalue weighted by atomic mass is 9.66. The fraction of sp³-hybridized carbons (Fsp3) is 0.464. The first kappa shape index (κ1) is 24.9. The number of hydrogen-bond donors (Lipinski definition) is 1. The summed E-state index contributed by atoms with van der Waals surface area (Å²) in [5, 5.41) is 11.5. The topological polar surface area (TPSA) is 77.5 Å². The molecule has 1 saturated carbocycles. The summed E-state index contributed by atoms with van der Waals surface area (Å²) in [4.78, 5) is 15.4. The van der Waals surface area contributed by atoms with Gasteiger partial charge in [-0.1, -0.05) is 25.0 Å². The highest BCUT2D eigenvalue weighted by molar-refractivity contribution is 5.92. The first-order chi connectivity index (χ1) is 16.9. The number of aliphatic hydroxyl groups is 1. The molecule has 7 nitrogen and oxygen atoms in total. The maximum Gasteiger partial charge on any atom is 0.247 e. The summed E-state index contributed by atoms with van der Waals surface area (Å²) in [6.07, 6.45) is 7.71. The minimum absolute atomic E-state index is 0.00285. The SMILES string of the molecule is COc1ccc([C@@H]2[C@H]3CCCC[C@]3(O)CCN2C(=O)C=Cc2cc(OC)c(OC)c(OC)c2)cc1. The molecule has 1 saturated heterocycles. The summed E-state index contributed by atoms with van der Waals surface area (Å²) >= 11 is 0. The molecule has 0 spiro atoms. The molecule has 2 aliphatic rings. The van der Waals surface area contributed by atoms with Crippen molar-refractivity contribution in [1.29, 1.82) is 0 Å².